The van der Waals surface area contributed by atoms with Crippen LogP contribution in [0, 0.1) is 0 Å². The number of hydrogen-bond acceptors (Lipinski definition) is 4. The van der Waals surface area contributed by atoms with Gasteiger partial charge in [0.05, 0.1) is 6.54 Å². The van der Waals surface area contributed by atoms with Gasteiger partial charge in [-0.25, -0.2) is 0 Å². The van der Waals surface area contributed by atoms with Crippen LogP contribution in [0.3, 0.4) is 0 Å². The highest BCUT2D eigenvalue weighted by Gasteiger charge is 2.15. The molecule has 3 aromatic rings. The molecular weight excluding hydrogens is 362 g/mol. The molecule has 0 fully saturated rings. The quantitative estimate of drug-likeness (QED) is 0.640. The Bertz CT molecular complexity index is 858. The maximum absolute atomic E-state index is 12.4. The number of hydrogen-bond donors (Lipinski definition) is 2. The SMILES string of the molecule is CC(C)(C)c1ccc(C(=O)NCc2ccc(C(O)c3ccsc3)s2)cc1. The Hall–Kier alpha value is -1.95. The number of nitrogens with one attached hydrogen (secondary N) is 1. The summed E-state index contributed by atoms with van der Waals surface area (Å²) in [6.45, 7) is 6.92. The third kappa shape index (κ3) is 4.41. The van der Waals surface area contributed by atoms with E-state index in [1.54, 1.807) is 11.3 Å². The molecule has 136 valence electrons. The Labute approximate surface area is 162 Å². The molecule has 1 atom stereocenters. The summed E-state index contributed by atoms with van der Waals surface area (Å²) < 4.78 is 0. The molecule has 0 aliphatic rings. The smallest absolute Gasteiger partial charge is 0.251 e. The van der Waals surface area contributed by atoms with E-state index in [2.05, 4.69) is 26.1 Å². The van der Waals surface area contributed by atoms with Crippen LogP contribution in [-0.4, -0.2) is 11.0 Å². The summed E-state index contributed by atoms with van der Waals surface area (Å²) in [6, 6.07) is 13.6. The molecule has 0 aliphatic carbocycles. The molecule has 2 aromatic heterocycles. The molecule has 1 amide bonds. The Morgan fingerprint density at radius 3 is 2.46 bits per heavy atom. The van der Waals surface area contributed by atoms with Crippen LogP contribution >= 0.6 is 22.7 Å². The minimum Gasteiger partial charge on any atom is -0.383 e. The van der Waals surface area contributed by atoms with Crippen LogP contribution < -0.4 is 5.32 Å². The van der Waals surface area contributed by atoms with E-state index in [0.717, 1.165) is 15.3 Å². The standard InChI is InChI=1S/C21H23NO2S2/c1-21(2,3)16-6-4-14(5-7-16)20(24)22-12-17-8-9-18(26-17)19(23)15-10-11-25-13-15/h4-11,13,19,23H,12H2,1-3H3,(H,22,24). The van der Waals surface area contributed by atoms with Crippen LogP contribution in [0.15, 0.2) is 53.2 Å². The summed E-state index contributed by atoms with van der Waals surface area (Å²) in [5, 5.41) is 17.2. The Morgan fingerprint density at radius 1 is 1.12 bits per heavy atom. The van der Waals surface area contributed by atoms with Gasteiger partial charge in [0.2, 0.25) is 0 Å². The third-order valence-electron chi connectivity index (χ3n) is 4.25. The molecule has 26 heavy (non-hydrogen) atoms. The number of amides is 1. The van der Waals surface area contributed by atoms with Gasteiger partial charge in [-0.3, -0.25) is 4.79 Å². The topological polar surface area (TPSA) is 49.3 Å². The average Bonchev–Trinajstić information content (AvgIpc) is 3.30. The molecule has 3 rings (SSSR count). The molecule has 2 heterocycles. The van der Waals surface area contributed by atoms with Gasteiger partial charge in [0.1, 0.15) is 6.10 Å². The highest BCUT2D eigenvalue weighted by Crippen LogP contribution is 2.29. The molecule has 0 aliphatic heterocycles. The van der Waals surface area contributed by atoms with Crippen LogP contribution in [0.2, 0.25) is 0 Å². The van der Waals surface area contributed by atoms with Crippen LogP contribution in [0.4, 0.5) is 0 Å². The molecule has 0 saturated heterocycles. The molecule has 3 nitrogen and oxygen atoms in total. The van der Waals surface area contributed by atoms with E-state index in [4.69, 9.17) is 0 Å². The van der Waals surface area contributed by atoms with E-state index in [1.807, 2.05) is 53.2 Å². The lowest BCUT2D eigenvalue weighted by Crippen LogP contribution is -2.22. The van der Waals surface area contributed by atoms with Gasteiger partial charge in [-0.05, 0) is 57.6 Å². The zero-order valence-corrected chi connectivity index (χ0v) is 16.8. The second kappa shape index (κ2) is 7.74. The zero-order chi connectivity index (χ0) is 18.7. The first-order valence-corrected chi connectivity index (χ1v) is 10.3. The molecule has 0 saturated carbocycles. The molecule has 5 heteroatoms. The second-order valence-corrected chi connectivity index (χ2v) is 9.25. The lowest BCUT2D eigenvalue weighted by molar-refractivity contribution is 0.0951. The fraction of sp³-hybridized carbons (Fsp3) is 0.286. The summed E-state index contributed by atoms with van der Waals surface area (Å²) in [6.07, 6.45) is -0.597. The number of thiophene rings is 2. The highest BCUT2D eigenvalue weighted by molar-refractivity contribution is 7.12. The Balaban J connectivity index is 1.60. The van der Waals surface area contributed by atoms with Gasteiger partial charge in [0.25, 0.3) is 5.91 Å². The van der Waals surface area contributed by atoms with E-state index in [9.17, 15) is 9.90 Å². The van der Waals surface area contributed by atoms with Crippen molar-refractivity contribution in [2.75, 3.05) is 0 Å². The van der Waals surface area contributed by atoms with Crippen molar-refractivity contribution in [2.24, 2.45) is 0 Å². The minimum absolute atomic E-state index is 0.0751. The van der Waals surface area contributed by atoms with Gasteiger partial charge < -0.3 is 10.4 Å². The monoisotopic (exact) mass is 385 g/mol. The molecule has 2 N–H and O–H groups in total. The van der Waals surface area contributed by atoms with Crippen LogP contribution in [0.1, 0.15) is 58.1 Å². The van der Waals surface area contributed by atoms with Crippen molar-refractivity contribution in [1.82, 2.24) is 5.32 Å². The number of benzene rings is 1. The molecule has 0 bridgehead atoms. The molecule has 1 aromatic carbocycles. The summed E-state index contributed by atoms with van der Waals surface area (Å²) >= 11 is 3.09. The predicted octanol–water partition coefficient (Wildman–Crippen LogP) is 5.12. The number of carbonyl (C=O) groups is 1. The van der Waals surface area contributed by atoms with Gasteiger partial charge in [0.15, 0.2) is 0 Å². The zero-order valence-electron chi connectivity index (χ0n) is 15.2. The minimum atomic E-state index is -0.597. The molecule has 0 spiro atoms. The van der Waals surface area contributed by atoms with Crippen LogP contribution in [0.25, 0.3) is 0 Å². The van der Waals surface area contributed by atoms with Crippen molar-refractivity contribution in [2.45, 2.75) is 38.8 Å². The maximum Gasteiger partial charge on any atom is 0.251 e. The summed E-state index contributed by atoms with van der Waals surface area (Å²) in [5.74, 6) is -0.0845. The number of aliphatic hydroxyl groups excluding tert-OH is 1. The van der Waals surface area contributed by atoms with Gasteiger partial charge in [-0.1, -0.05) is 32.9 Å². The van der Waals surface area contributed by atoms with E-state index in [1.165, 1.54) is 16.9 Å². The lowest BCUT2D eigenvalue weighted by Gasteiger charge is -2.19. The van der Waals surface area contributed by atoms with E-state index >= 15 is 0 Å². The molecule has 0 radical (unpaired) electrons. The first kappa shape index (κ1) is 18.8. The van der Waals surface area contributed by atoms with Gasteiger partial charge in [0, 0.05) is 15.3 Å². The summed E-state index contributed by atoms with van der Waals surface area (Å²) in [5.41, 5.74) is 2.85. The van der Waals surface area contributed by atoms with E-state index in [-0.39, 0.29) is 11.3 Å². The van der Waals surface area contributed by atoms with Crippen molar-refractivity contribution >= 4 is 28.6 Å². The maximum atomic E-state index is 12.4. The fourth-order valence-corrected chi connectivity index (χ4v) is 4.27. The fourth-order valence-electron chi connectivity index (χ4n) is 2.62. The number of rotatable bonds is 5. The first-order valence-electron chi connectivity index (χ1n) is 8.52. The van der Waals surface area contributed by atoms with Crippen molar-refractivity contribution < 1.29 is 9.90 Å². The second-order valence-electron chi connectivity index (χ2n) is 7.27. The largest absolute Gasteiger partial charge is 0.383 e. The molecular formula is C21H23NO2S2. The predicted molar refractivity (Wildman–Crippen MR) is 109 cm³/mol. The average molecular weight is 386 g/mol. The highest BCUT2D eigenvalue weighted by atomic mass is 32.1. The number of carbonyl (C=O) groups excluding carboxylic acids is 1. The van der Waals surface area contributed by atoms with Crippen LogP contribution in [0.5, 0.6) is 0 Å². The van der Waals surface area contributed by atoms with Gasteiger partial charge in [-0.2, -0.15) is 11.3 Å². The normalized spacial score (nSPS) is 12.8. The van der Waals surface area contributed by atoms with Crippen LogP contribution in [-0.2, 0) is 12.0 Å². The van der Waals surface area contributed by atoms with Gasteiger partial charge in [-0.15, -0.1) is 11.3 Å². The first-order chi connectivity index (χ1) is 12.3. The lowest BCUT2D eigenvalue weighted by atomic mass is 9.87. The number of aliphatic hydroxyl groups is 1. The Kier molecular flexibility index (Phi) is 5.61. The van der Waals surface area contributed by atoms with Crippen molar-refractivity contribution in [3.63, 3.8) is 0 Å². The summed E-state index contributed by atoms with van der Waals surface area (Å²) in [7, 11) is 0. The van der Waals surface area contributed by atoms with Crippen molar-refractivity contribution in [3.8, 4) is 0 Å². The van der Waals surface area contributed by atoms with E-state index < -0.39 is 6.10 Å². The van der Waals surface area contributed by atoms with Crippen molar-refractivity contribution in [1.29, 1.82) is 0 Å². The third-order valence-corrected chi connectivity index (χ3v) is 6.09. The Morgan fingerprint density at radius 2 is 1.85 bits per heavy atom. The molecule has 1 unspecified atom stereocenters. The van der Waals surface area contributed by atoms with E-state index in [0.29, 0.717) is 12.1 Å². The van der Waals surface area contributed by atoms with Crippen molar-refractivity contribution in [3.05, 3.63) is 79.7 Å². The summed E-state index contributed by atoms with van der Waals surface area (Å²) in [4.78, 5) is 14.3. The van der Waals surface area contributed by atoms with Gasteiger partial charge >= 0.3 is 0 Å².